The van der Waals surface area contributed by atoms with Crippen LogP contribution in [0, 0.1) is 0 Å². The number of hydrogen-bond acceptors (Lipinski definition) is 5. The number of allylic oxidation sites excluding steroid dienone is 1. The molecule has 0 amide bonds. The van der Waals surface area contributed by atoms with E-state index in [-0.39, 0.29) is 11.9 Å². The smallest absolute Gasteiger partial charge is 0.340 e. The Morgan fingerprint density at radius 2 is 2.03 bits per heavy atom. The summed E-state index contributed by atoms with van der Waals surface area (Å²) in [4.78, 5) is 10.6. The van der Waals surface area contributed by atoms with E-state index in [2.05, 4.69) is 33.2 Å². The van der Waals surface area contributed by atoms with Crippen LogP contribution in [0.1, 0.15) is 43.0 Å². The van der Waals surface area contributed by atoms with E-state index in [9.17, 15) is 17.6 Å². The van der Waals surface area contributed by atoms with Crippen molar-refractivity contribution in [1.82, 2.24) is 14.9 Å². The number of pyridine rings is 2. The third-order valence-electron chi connectivity index (χ3n) is 5.04. The Morgan fingerprint density at radius 3 is 2.63 bits per heavy atom. The van der Waals surface area contributed by atoms with Crippen molar-refractivity contribution < 1.29 is 22.3 Å². The number of nitrogens with one attached hydrogen (secondary N) is 1. The van der Waals surface area contributed by atoms with Crippen LogP contribution in [0.15, 0.2) is 36.7 Å². The fourth-order valence-electron chi connectivity index (χ4n) is 3.42. The zero-order chi connectivity index (χ0) is 21.9. The highest BCUT2D eigenvalue weighted by Gasteiger charge is 2.41. The highest BCUT2D eigenvalue weighted by Crippen LogP contribution is 2.41. The van der Waals surface area contributed by atoms with E-state index in [0.29, 0.717) is 6.54 Å². The second kappa shape index (κ2) is 8.89. The van der Waals surface area contributed by atoms with Crippen molar-refractivity contribution >= 4 is 11.5 Å². The largest absolute Gasteiger partial charge is 0.471 e. The standard InChI is InChI=1S/C21H24F4N4O/c1-4-5-17-15-8-9-27-19(26-3)16(15)11-29(17)13(2)14-6-7-18(28-10-14)30-12-21(24,25)20(22)23/h5-10,13,20H,4,11-12H2,1-3H3,(H,26,27)/b17-5-. The van der Waals surface area contributed by atoms with Crippen molar-refractivity contribution in [3.63, 3.8) is 0 Å². The highest BCUT2D eigenvalue weighted by molar-refractivity contribution is 5.75. The number of fused-ring (bicyclic) bond motifs is 1. The lowest BCUT2D eigenvalue weighted by atomic mass is 10.1. The van der Waals surface area contributed by atoms with E-state index in [0.717, 1.165) is 34.6 Å². The molecule has 0 aromatic carbocycles. The summed E-state index contributed by atoms with van der Waals surface area (Å²) in [5.41, 5.74) is 4.16. The molecule has 0 fully saturated rings. The summed E-state index contributed by atoms with van der Waals surface area (Å²) in [5.74, 6) is -3.51. The van der Waals surface area contributed by atoms with E-state index in [4.69, 9.17) is 4.74 Å². The minimum absolute atomic E-state index is 0.0658. The summed E-state index contributed by atoms with van der Waals surface area (Å²) in [7, 11) is 1.83. The quantitative estimate of drug-likeness (QED) is 0.596. The number of halogens is 4. The summed E-state index contributed by atoms with van der Waals surface area (Å²) in [6, 6.07) is 5.05. The molecule has 2 aromatic heterocycles. The fraction of sp³-hybridized carbons (Fsp3) is 0.429. The van der Waals surface area contributed by atoms with Gasteiger partial charge in [0.05, 0.1) is 6.04 Å². The molecule has 1 aliphatic heterocycles. The Balaban J connectivity index is 1.78. The molecule has 2 aromatic rings. The van der Waals surface area contributed by atoms with Gasteiger partial charge in [0.25, 0.3) is 0 Å². The van der Waals surface area contributed by atoms with Crippen LogP contribution >= 0.6 is 0 Å². The lowest BCUT2D eigenvalue weighted by Crippen LogP contribution is -2.33. The van der Waals surface area contributed by atoms with Crippen LogP contribution in [0.25, 0.3) is 5.70 Å². The summed E-state index contributed by atoms with van der Waals surface area (Å²) >= 11 is 0. The van der Waals surface area contributed by atoms with Gasteiger partial charge in [0, 0.05) is 48.9 Å². The highest BCUT2D eigenvalue weighted by atomic mass is 19.3. The zero-order valence-electron chi connectivity index (χ0n) is 17.0. The van der Waals surface area contributed by atoms with Crippen LogP contribution in [0.5, 0.6) is 5.88 Å². The number of anilines is 1. The van der Waals surface area contributed by atoms with Crippen LogP contribution in [0.2, 0.25) is 0 Å². The molecule has 1 atom stereocenters. The molecule has 30 heavy (non-hydrogen) atoms. The molecule has 0 bridgehead atoms. The van der Waals surface area contributed by atoms with Crippen LogP contribution in [-0.2, 0) is 6.54 Å². The molecule has 9 heteroatoms. The predicted octanol–water partition coefficient (Wildman–Crippen LogP) is 5.13. The first-order valence-corrected chi connectivity index (χ1v) is 9.66. The monoisotopic (exact) mass is 424 g/mol. The van der Waals surface area contributed by atoms with E-state index in [1.807, 2.05) is 20.0 Å². The molecule has 0 aliphatic carbocycles. The lowest BCUT2D eigenvalue weighted by molar-refractivity contribution is -0.148. The van der Waals surface area contributed by atoms with Crippen molar-refractivity contribution in [2.75, 3.05) is 19.0 Å². The Bertz CT molecular complexity index is 902. The van der Waals surface area contributed by atoms with Gasteiger partial charge >= 0.3 is 12.3 Å². The molecule has 1 aliphatic rings. The Hall–Kier alpha value is -2.84. The van der Waals surface area contributed by atoms with Gasteiger partial charge in [-0.1, -0.05) is 19.1 Å². The maximum Gasteiger partial charge on any atom is 0.340 e. The minimum Gasteiger partial charge on any atom is -0.471 e. The first kappa shape index (κ1) is 21.9. The molecular formula is C21H24F4N4O. The summed E-state index contributed by atoms with van der Waals surface area (Å²) < 4.78 is 55.3. The Morgan fingerprint density at radius 1 is 1.27 bits per heavy atom. The van der Waals surface area contributed by atoms with Crippen molar-refractivity contribution in [1.29, 1.82) is 0 Å². The van der Waals surface area contributed by atoms with Gasteiger partial charge < -0.3 is 15.0 Å². The molecule has 1 N–H and O–H groups in total. The molecular weight excluding hydrogens is 400 g/mol. The number of hydrogen-bond donors (Lipinski definition) is 1. The number of alkyl halides is 4. The lowest BCUT2D eigenvalue weighted by Gasteiger charge is -2.28. The molecule has 162 valence electrons. The van der Waals surface area contributed by atoms with Gasteiger partial charge in [-0.05, 0) is 25.0 Å². The van der Waals surface area contributed by atoms with Gasteiger partial charge in [-0.25, -0.2) is 18.7 Å². The van der Waals surface area contributed by atoms with Gasteiger partial charge in [0.15, 0.2) is 6.61 Å². The van der Waals surface area contributed by atoms with Gasteiger partial charge in [0.1, 0.15) is 5.82 Å². The zero-order valence-corrected chi connectivity index (χ0v) is 17.0. The molecule has 0 saturated heterocycles. The maximum absolute atomic E-state index is 13.0. The SMILES string of the molecule is CC/C=C1/c2ccnc(NC)c2CN1C(C)c1ccc(OCC(F)(F)C(F)F)nc1. The van der Waals surface area contributed by atoms with Gasteiger partial charge in [0.2, 0.25) is 5.88 Å². The molecule has 0 radical (unpaired) electrons. The number of ether oxygens (including phenoxy) is 1. The second-order valence-electron chi connectivity index (χ2n) is 7.02. The van der Waals surface area contributed by atoms with Crippen molar-refractivity contribution in [2.24, 2.45) is 0 Å². The third-order valence-corrected chi connectivity index (χ3v) is 5.04. The Kier molecular flexibility index (Phi) is 6.48. The maximum atomic E-state index is 13.0. The minimum atomic E-state index is -4.21. The molecule has 0 spiro atoms. The van der Waals surface area contributed by atoms with Crippen molar-refractivity contribution in [3.8, 4) is 5.88 Å². The van der Waals surface area contributed by atoms with Gasteiger partial charge in [-0.15, -0.1) is 0 Å². The summed E-state index contributed by atoms with van der Waals surface area (Å²) in [6.07, 6.45) is 2.52. The van der Waals surface area contributed by atoms with Crippen LogP contribution in [-0.4, -0.2) is 40.9 Å². The van der Waals surface area contributed by atoms with E-state index >= 15 is 0 Å². The molecule has 5 nitrogen and oxygen atoms in total. The fourth-order valence-corrected chi connectivity index (χ4v) is 3.42. The predicted molar refractivity (Wildman–Crippen MR) is 107 cm³/mol. The second-order valence-corrected chi connectivity index (χ2v) is 7.02. The van der Waals surface area contributed by atoms with Crippen LogP contribution in [0.4, 0.5) is 23.4 Å². The number of aromatic nitrogens is 2. The molecule has 0 saturated carbocycles. The van der Waals surface area contributed by atoms with Crippen molar-refractivity contribution in [3.05, 3.63) is 53.4 Å². The third kappa shape index (κ3) is 4.34. The molecule has 1 unspecified atom stereocenters. The van der Waals surface area contributed by atoms with Crippen molar-refractivity contribution in [2.45, 2.75) is 45.2 Å². The molecule has 3 heterocycles. The molecule has 3 rings (SSSR count). The van der Waals surface area contributed by atoms with E-state index in [1.165, 1.54) is 12.3 Å². The Labute approximate surface area is 172 Å². The average Bonchev–Trinajstić information content (AvgIpc) is 3.11. The first-order chi connectivity index (χ1) is 14.3. The summed E-state index contributed by atoms with van der Waals surface area (Å²) in [5, 5.41) is 3.12. The normalized spacial score (nSPS) is 16.1. The first-order valence-electron chi connectivity index (χ1n) is 9.66. The van der Waals surface area contributed by atoms with E-state index < -0.39 is 19.0 Å². The average molecular weight is 424 g/mol. The topological polar surface area (TPSA) is 50.3 Å². The number of nitrogens with zero attached hydrogens (tertiary/aromatic N) is 3. The van der Waals surface area contributed by atoms with Crippen LogP contribution < -0.4 is 10.1 Å². The van der Waals surface area contributed by atoms with Gasteiger partial charge in [-0.3, -0.25) is 0 Å². The van der Waals surface area contributed by atoms with E-state index in [1.54, 1.807) is 12.3 Å². The van der Waals surface area contributed by atoms with Crippen LogP contribution in [0.3, 0.4) is 0 Å². The van der Waals surface area contributed by atoms with Gasteiger partial charge in [-0.2, -0.15) is 8.78 Å². The summed E-state index contributed by atoms with van der Waals surface area (Å²) in [6.45, 7) is 3.32. The number of rotatable bonds is 8.